The van der Waals surface area contributed by atoms with Crippen LogP contribution in [0.15, 0.2) is 30.3 Å². The molecular formula is C22H31N3O2. The van der Waals surface area contributed by atoms with Crippen molar-refractivity contribution in [2.24, 2.45) is 5.41 Å². The van der Waals surface area contributed by atoms with Crippen molar-refractivity contribution in [1.82, 2.24) is 15.1 Å². The van der Waals surface area contributed by atoms with Gasteiger partial charge in [0.05, 0.1) is 0 Å². The highest BCUT2D eigenvalue weighted by atomic mass is 16.2. The van der Waals surface area contributed by atoms with E-state index in [0.29, 0.717) is 25.4 Å². The van der Waals surface area contributed by atoms with Crippen LogP contribution in [-0.2, 0) is 16.1 Å². The average Bonchev–Trinajstić information content (AvgIpc) is 3.48. The molecule has 2 aliphatic heterocycles. The van der Waals surface area contributed by atoms with Gasteiger partial charge < -0.3 is 15.1 Å². The van der Waals surface area contributed by atoms with Crippen LogP contribution in [0.5, 0.6) is 0 Å². The minimum Gasteiger partial charge on any atom is -0.353 e. The second-order valence-electron chi connectivity index (χ2n) is 8.71. The number of nitrogens with zero attached hydrogens (tertiary/aromatic N) is 2. The lowest BCUT2D eigenvalue weighted by molar-refractivity contribution is -0.140. The number of hydrogen-bond acceptors (Lipinski definition) is 3. The quantitative estimate of drug-likeness (QED) is 0.838. The molecule has 5 nitrogen and oxygen atoms in total. The van der Waals surface area contributed by atoms with E-state index in [1.807, 2.05) is 18.2 Å². The van der Waals surface area contributed by atoms with Crippen molar-refractivity contribution in [1.29, 1.82) is 0 Å². The molecule has 2 saturated heterocycles. The van der Waals surface area contributed by atoms with Crippen molar-refractivity contribution in [3.8, 4) is 0 Å². The SMILES string of the molecule is O=C(CCN1CCC[C@]2(CCC(=O)N(Cc3ccccc3)C2)C1)NC1CC1. The summed E-state index contributed by atoms with van der Waals surface area (Å²) >= 11 is 0. The Bertz CT molecular complexity index is 673. The second-order valence-corrected chi connectivity index (χ2v) is 8.71. The molecule has 146 valence electrons. The summed E-state index contributed by atoms with van der Waals surface area (Å²) < 4.78 is 0. The van der Waals surface area contributed by atoms with E-state index in [-0.39, 0.29) is 17.2 Å². The first kappa shape index (κ1) is 18.5. The van der Waals surface area contributed by atoms with Gasteiger partial charge in [-0.25, -0.2) is 0 Å². The highest BCUT2D eigenvalue weighted by Gasteiger charge is 2.41. The molecular weight excluding hydrogens is 338 g/mol. The maximum absolute atomic E-state index is 12.5. The van der Waals surface area contributed by atoms with Crippen LogP contribution in [0.2, 0.25) is 0 Å². The molecule has 1 atom stereocenters. The zero-order valence-corrected chi connectivity index (χ0v) is 16.2. The number of likely N-dealkylation sites (tertiary alicyclic amines) is 2. The van der Waals surface area contributed by atoms with E-state index in [0.717, 1.165) is 51.9 Å². The number of nitrogens with one attached hydrogen (secondary N) is 1. The van der Waals surface area contributed by atoms with Crippen molar-refractivity contribution in [3.05, 3.63) is 35.9 Å². The highest BCUT2D eigenvalue weighted by molar-refractivity contribution is 5.77. The summed E-state index contributed by atoms with van der Waals surface area (Å²) in [7, 11) is 0. The van der Waals surface area contributed by atoms with E-state index in [1.54, 1.807) is 0 Å². The summed E-state index contributed by atoms with van der Waals surface area (Å²) in [5.41, 5.74) is 1.40. The summed E-state index contributed by atoms with van der Waals surface area (Å²) in [4.78, 5) is 29.0. The van der Waals surface area contributed by atoms with E-state index < -0.39 is 0 Å². The molecule has 0 unspecified atom stereocenters. The number of carbonyl (C=O) groups excluding carboxylic acids is 2. The Morgan fingerprint density at radius 3 is 2.74 bits per heavy atom. The van der Waals surface area contributed by atoms with E-state index in [1.165, 1.54) is 12.0 Å². The topological polar surface area (TPSA) is 52.7 Å². The number of amides is 2. The van der Waals surface area contributed by atoms with Gasteiger partial charge in [-0.2, -0.15) is 0 Å². The first-order chi connectivity index (χ1) is 13.1. The van der Waals surface area contributed by atoms with Gasteiger partial charge in [0, 0.05) is 50.5 Å². The maximum Gasteiger partial charge on any atom is 0.222 e. The van der Waals surface area contributed by atoms with Crippen LogP contribution in [0.1, 0.15) is 50.5 Å². The molecule has 0 bridgehead atoms. The van der Waals surface area contributed by atoms with Crippen molar-refractivity contribution in [3.63, 3.8) is 0 Å². The Hall–Kier alpha value is -1.88. The molecule has 27 heavy (non-hydrogen) atoms. The molecule has 3 fully saturated rings. The van der Waals surface area contributed by atoms with E-state index in [2.05, 4.69) is 27.2 Å². The largest absolute Gasteiger partial charge is 0.353 e. The van der Waals surface area contributed by atoms with Crippen molar-refractivity contribution >= 4 is 11.8 Å². The maximum atomic E-state index is 12.5. The van der Waals surface area contributed by atoms with Crippen LogP contribution < -0.4 is 5.32 Å². The fraction of sp³-hybridized carbons (Fsp3) is 0.636. The number of hydrogen-bond donors (Lipinski definition) is 1. The molecule has 1 saturated carbocycles. The van der Waals surface area contributed by atoms with E-state index >= 15 is 0 Å². The number of carbonyl (C=O) groups is 2. The van der Waals surface area contributed by atoms with Gasteiger partial charge in [-0.05, 0) is 44.2 Å². The molecule has 1 aromatic carbocycles. The number of piperidine rings is 2. The Balaban J connectivity index is 1.33. The summed E-state index contributed by atoms with van der Waals surface area (Å²) in [5.74, 6) is 0.479. The van der Waals surface area contributed by atoms with Crippen LogP contribution in [0, 0.1) is 5.41 Å². The van der Waals surface area contributed by atoms with Crippen molar-refractivity contribution in [2.45, 2.75) is 57.5 Å². The minimum atomic E-state index is 0.196. The van der Waals surface area contributed by atoms with E-state index in [4.69, 9.17) is 0 Å². The molecule has 0 radical (unpaired) electrons. The third-order valence-corrected chi connectivity index (χ3v) is 6.30. The third-order valence-electron chi connectivity index (χ3n) is 6.30. The van der Waals surface area contributed by atoms with Gasteiger partial charge in [0.25, 0.3) is 0 Å². The fourth-order valence-corrected chi connectivity index (χ4v) is 4.67. The van der Waals surface area contributed by atoms with Gasteiger partial charge in [0.2, 0.25) is 11.8 Å². The zero-order chi connectivity index (χ0) is 18.7. The molecule has 1 aromatic rings. The zero-order valence-electron chi connectivity index (χ0n) is 16.2. The molecule has 3 aliphatic rings. The highest BCUT2D eigenvalue weighted by Crippen LogP contribution is 2.39. The molecule has 1 spiro atoms. The predicted molar refractivity (Wildman–Crippen MR) is 105 cm³/mol. The fourth-order valence-electron chi connectivity index (χ4n) is 4.67. The molecule has 5 heteroatoms. The van der Waals surface area contributed by atoms with Crippen molar-refractivity contribution in [2.75, 3.05) is 26.2 Å². The van der Waals surface area contributed by atoms with Gasteiger partial charge in [-0.1, -0.05) is 30.3 Å². The molecule has 1 aliphatic carbocycles. The first-order valence-electron chi connectivity index (χ1n) is 10.5. The number of rotatable bonds is 6. The van der Waals surface area contributed by atoms with Gasteiger partial charge in [0.1, 0.15) is 0 Å². The molecule has 4 rings (SSSR count). The minimum absolute atomic E-state index is 0.196. The van der Waals surface area contributed by atoms with Gasteiger partial charge in [0.15, 0.2) is 0 Å². The van der Waals surface area contributed by atoms with Crippen LogP contribution in [0.25, 0.3) is 0 Å². The second kappa shape index (κ2) is 8.01. The van der Waals surface area contributed by atoms with Gasteiger partial charge in [-0.15, -0.1) is 0 Å². The summed E-state index contributed by atoms with van der Waals surface area (Å²) in [6, 6.07) is 10.7. The smallest absolute Gasteiger partial charge is 0.222 e. The van der Waals surface area contributed by atoms with Gasteiger partial charge >= 0.3 is 0 Å². The lowest BCUT2D eigenvalue weighted by Crippen LogP contribution is -2.54. The molecule has 0 aromatic heterocycles. The first-order valence-corrected chi connectivity index (χ1v) is 10.5. The van der Waals surface area contributed by atoms with Gasteiger partial charge in [-0.3, -0.25) is 9.59 Å². The standard InChI is InChI=1S/C22H31N3O2/c26-20(23-19-7-8-19)10-14-24-13-4-11-22(16-24)12-9-21(27)25(17-22)15-18-5-2-1-3-6-18/h1-3,5-6,19H,4,7-17H2,(H,23,26)/t22-/m0/s1. The Morgan fingerprint density at radius 2 is 1.96 bits per heavy atom. The number of benzene rings is 1. The van der Waals surface area contributed by atoms with Crippen LogP contribution in [0.3, 0.4) is 0 Å². The third kappa shape index (κ3) is 4.89. The lowest BCUT2D eigenvalue weighted by Gasteiger charge is -2.48. The molecule has 2 amide bonds. The van der Waals surface area contributed by atoms with Crippen LogP contribution >= 0.6 is 0 Å². The monoisotopic (exact) mass is 369 g/mol. The Morgan fingerprint density at radius 1 is 1.15 bits per heavy atom. The predicted octanol–water partition coefficient (Wildman–Crippen LogP) is 2.56. The Labute approximate surface area is 162 Å². The molecule has 1 N–H and O–H groups in total. The van der Waals surface area contributed by atoms with Crippen LogP contribution in [-0.4, -0.2) is 53.8 Å². The van der Waals surface area contributed by atoms with E-state index in [9.17, 15) is 9.59 Å². The van der Waals surface area contributed by atoms with Crippen LogP contribution in [0.4, 0.5) is 0 Å². The summed E-state index contributed by atoms with van der Waals surface area (Å²) in [6.07, 6.45) is 6.88. The average molecular weight is 370 g/mol. The summed E-state index contributed by atoms with van der Waals surface area (Å²) in [5, 5.41) is 3.09. The normalized spacial score (nSPS) is 26.4. The van der Waals surface area contributed by atoms with Crippen molar-refractivity contribution < 1.29 is 9.59 Å². The summed E-state index contributed by atoms with van der Waals surface area (Å²) in [6.45, 7) is 4.50. The Kier molecular flexibility index (Phi) is 5.48. The lowest BCUT2D eigenvalue weighted by atomic mass is 9.73. The molecule has 2 heterocycles.